The van der Waals surface area contributed by atoms with Gasteiger partial charge in [-0.25, -0.2) is 0 Å². The summed E-state index contributed by atoms with van der Waals surface area (Å²) in [7, 11) is 1.66. The largest absolute Gasteiger partial charge is 0.384 e. The summed E-state index contributed by atoms with van der Waals surface area (Å²) in [5.41, 5.74) is 0. The molecule has 132 valence electrons. The topological polar surface area (TPSA) is 84.4 Å². The van der Waals surface area contributed by atoms with Crippen molar-refractivity contribution in [3.8, 4) is 0 Å². The molecule has 1 aromatic rings. The Bertz CT molecular complexity index is 589. The minimum atomic E-state index is -0.286. The van der Waals surface area contributed by atoms with Gasteiger partial charge in [0.2, 0.25) is 16.9 Å². The van der Waals surface area contributed by atoms with Crippen molar-refractivity contribution in [2.24, 2.45) is 5.92 Å². The zero-order chi connectivity index (χ0) is 16.9. The van der Waals surface area contributed by atoms with Crippen LogP contribution in [-0.4, -0.2) is 59.0 Å². The quantitative estimate of drug-likeness (QED) is 0.449. The van der Waals surface area contributed by atoms with Gasteiger partial charge in [0, 0.05) is 31.9 Å². The van der Waals surface area contributed by atoms with Gasteiger partial charge >= 0.3 is 0 Å². The molecule has 2 fully saturated rings. The molecule has 0 radical (unpaired) electrons. The number of methoxy groups -OCH3 is 1. The molecule has 0 spiro atoms. The number of nitrogens with zero attached hydrogens (tertiary/aromatic N) is 3. The number of ether oxygens (including phenoxy) is 1. The number of aromatic nitrogens is 2. The summed E-state index contributed by atoms with van der Waals surface area (Å²) >= 11 is 2.90. The lowest BCUT2D eigenvalue weighted by Crippen LogP contribution is -2.35. The number of carbonyl (C=O) groups excluding carboxylic acids is 2. The maximum absolute atomic E-state index is 12.4. The maximum Gasteiger partial charge on any atom is 0.231 e. The van der Waals surface area contributed by atoms with Crippen LogP contribution in [0.2, 0.25) is 0 Å². The molecule has 1 saturated heterocycles. The Morgan fingerprint density at radius 2 is 2.21 bits per heavy atom. The van der Waals surface area contributed by atoms with Crippen molar-refractivity contribution in [1.29, 1.82) is 0 Å². The highest BCUT2D eigenvalue weighted by atomic mass is 32.2. The van der Waals surface area contributed by atoms with Crippen molar-refractivity contribution >= 4 is 40.0 Å². The molecule has 2 aliphatic rings. The Morgan fingerprint density at radius 3 is 2.96 bits per heavy atom. The third kappa shape index (κ3) is 4.25. The second-order valence-corrected chi connectivity index (χ2v) is 8.41. The standard InChI is InChI=1S/C15H22N4O3S2/c1-22-6-7-23-15-18-17-14(24-15)16-13(21)10-8-12(20)19(9-10)11-4-2-3-5-11/h10-11H,2-9H2,1H3,(H,16,17,21)/t10-/m1/s1. The lowest BCUT2D eigenvalue weighted by atomic mass is 10.1. The molecule has 2 heterocycles. The Hall–Kier alpha value is -1.19. The summed E-state index contributed by atoms with van der Waals surface area (Å²) in [5.74, 6) is 0.488. The zero-order valence-electron chi connectivity index (χ0n) is 13.7. The molecule has 1 aliphatic heterocycles. The van der Waals surface area contributed by atoms with E-state index in [4.69, 9.17) is 4.74 Å². The van der Waals surface area contributed by atoms with Crippen molar-refractivity contribution in [3.63, 3.8) is 0 Å². The van der Waals surface area contributed by atoms with Gasteiger partial charge in [0.05, 0.1) is 12.5 Å². The Morgan fingerprint density at radius 1 is 1.42 bits per heavy atom. The number of likely N-dealkylation sites (tertiary alicyclic amines) is 1. The second kappa shape index (κ2) is 8.26. The smallest absolute Gasteiger partial charge is 0.231 e. The number of hydrogen-bond donors (Lipinski definition) is 1. The SMILES string of the molecule is COCCSc1nnc(NC(=O)[C@@H]2CC(=O)N(C3CCCC3)C2)s1. The van der Waals surface area contributed by atoms with Crippen LogP contribution in [0.25, 0.3) is 0 Å². The molecule has 9 heteroatoms. The lowest BCUT2D eigenvalue weighted by Gasteiger charge is -2.23. The number of carbonyl (C=O) groups is 2. The average Bonchev–Trinajstić information content (AvgIpc) is 3.28. The molecule has 0 bridgehead atoms. The van der Waals surface area contributed by atoms with Crippen molar-refractivity contribution in [3.05, 3.63) is 0 Å². The van der Waals surface area contributed by atoms with E-state index in [9.17, 15) is 9.59 Å². The molecule has 2 amide bonds. The van der Waals surface area contributed by atoms with Gasteiger partial charge < -0.3 is 15.0 Å². The van der Waals surface area contributed by atoms with Crippen LogP contribution in [0.15, 0.2) is 4.34 Å². The summed E-state index contributed by atoms with van der Waals surface area (Å²) in [6.07, 6.45) is 4.80. The van der Waals surface area contributed by atoms with Crippen LogP contribution in [0.4, 0.5) is 5.13 Å². The van der Waals surface area contributed by atoms with E-state index in [1.807, 2.05) is 4.90 Å². The van der Waals surface area contributed by atoms with Gasteiger partial charge in [-0.15, -0.1) is 10.2 Å². The van der Waals surface area contributed by atoms with Crippen LogP contribution in [0.3, 0.4) is 0 Å². The Kier molecular flexibility index (Phi) is 6.07. The number of anilines is 1. The van der Waals surface area contributed by atoms with E-state index in [1.165, 1.54) is 24.2 Å². The molecule has 24 heavy (non-hydrogen) atoms. The fraction of sp³-hybridized carbons (Fsp3) is 0.733. The Balaban J connectivity index is 1.51. The van der Waals surface area contributed by atoms with Gasteiger partial charge in [0.15, 0.2) is 4.34 Å². The van der Waals surface area contributed by atoms with Crippen LogP contribution >= 0.6 is 23.1 Å². The van der Waals surface area contributed by atoms with Crippen molar-refractivity contribution in [2.45, 2.75) is 42.5 Å². The summed E-state index contributed by atoms with van der Waals surface area (Å²) in [5, 5.41) is 11.3. The monoisotopic (exact) mass is 370 g/mol. The van der Waals surface area contributed by atoms with Crippen molar-refractivity contribution in [1.82, 2.24) is 15.1 Å². The number of hydrogen-bond acceptors (Lipinski definition) is 7. The number of rotatable bonds is 7. The van der Waals surface area contributed by atoms with E-state index in [0.717, 1.165) is 22.9 Å². The minimum absolute atomic E-state index is 0.107. The van der Waals surface area contributed by atoms with Gasteiger partial charge in [-0.1, -0.05) is 35.9 Å². The van der Waals surface area contributed by atoms with E-state index in [2.05, 4.69) is 15.5 Å². The summed E-state index contributed by atoms with van der Waals surface area (Å²) in [4.78, 5) is 26.5. The van der Waals surface area contributed by atoms with Gasteiger partial charge in [0.1, 0.15) is 0 Å². The van der Waals surface area contributed by atoms with Crippen LogP contribution in [0.5, 0.6) is 0 Å². The first-order valence-corrected chi connectivity index (χ1v) is 10.0. The van der Waals surface area contributed by atoms with Crippen LogP contribution in [0, 0.1) is 5.92 Å². The number of thioether (sulfide) groups is 1. The normalized spacial score (nSPS) is 21.6. The molecular weight excluding hydrogens is 348 g/mol. The molecule has 0 unspecified atom stereocenters. The summed E-state index contributed by atoms with van der Waals surface area (Å²) < 4.78 is 5.80. The fourth-order valence-corrected chi connectivity index (χ4v) is 4.94. The van der Waals surface area contributed by atoms with Crippen LogP contribution in [0.1, 0.15) is 32.1 Å². The van der Waals surface area contributed by atoms with Gasteiger partial charge in [0.25, 0.3) is 0 Å². The van der Waals surface area contributed by atoms with Gasteiger partial charge in [-0.05, 0) is 12.8 Å². The maximum atomic E-state index is 12.4. The third-order valence-corrected chi connectivity index (χ3v) is 6.38. The van der Waals surface area contributed by atoms with E-state index in [1.54, 1.807) is 18.9 Å². The molecule has 0 aromatic carbocycles. The highest BCUT2D eigenvalue weighted by molar-refractivity contribution is 8.01. The molecular formula is C15H22N4O3S2. The zero-order valence-corrected chi connectivity index (χ0v) is 15.3. The number of amides is 2. The van der Waals surface area contributed by atoms with Crippen LogP contribution in [-0.2, 0) is 14.3 Å². The first-order chi connectivity index (χ1) is 11.7. The first kappa shape index (κ1) is 17.6. The van der Waals surface area contributed by atoms with Gasteiger partial charge in [-0.2, -0.15) is 0 Å². The van der Waals surface area contributed by atoms with Crippen molar-refractivity contribution in [2.75, 3.05) is 31.3 Å². The molecule has 1 saturated carbocycles. The Labute approximate surface area is 149 Å². The summed E-state index contributed by atoms with van der Waals surface area (Å²) in [6, 6.07) is 0.334. The fourth-order valence-electron chi connectivity index (χ4n) is 3.21. The summed E-state index contributed by atoms with van der Waals surface area (Å²) in [6.45, 7) is 1.18. The first-order valence-electron chi connectivity index (χ1n) is 8.23. The molecule has 1 aromatic heterocycles. The third-order valence-electron chi connectivity index (χ3n) is 4.44. The molecule has 1 aliphatic carbocycles. The molecule has 1 N–H and O–H groups in total. The van der Waals surface area contributed by atoms with Gasteiger partial charge in [-0.3, -0.25) is 9.59 Å². The highest BCUT2D eigenvalue weighted by Gasteiger charge is 2.38. The average molecular weight is 371 g/mol. The number of nitrogens with one attached hydrogen (secondary N) is 1. The predicted molar refractivity (Wildman–Crippen MR) is 93.2 cm³/mol. The molecule has 1 atom stereocenters. The molecule has 3 rings (SSSR count). The predicted octanol–water partition coefficient (Wildman–Crippen LogP) is 2.01. The van der Waals surface area contributed by atoms with Crippen LogP contribution < -0.4 is 5.32 Å². The lowest BCUT2D eigenvalue weighted by molar-refractivity contribution is -0.129. The van der Waals surface area contributed by atoms with E-state index in [0.29, 0.717) is 30.7 Å². The minimum Gasteiger partial charge on any atom is -0.384 e. The van der Waals surface area contributed by atoms with E-state index < -0.39 is 0 Å². The van der Waals surface area contributed by atoms with E-state index in [-0.39, 0.29) is 17.7 Å². The highest BCUT2D eigenvalue weighted by Crippen LogP contribution is 2.31. The van der Waals surface area contributed by atoms with Crippen molar-refractivity contribution < 1.29 is 14.3 Å². The second-order valence-electron chi connectivity index (χ2n) is 6.09. The van der Waals surface area contributed by atoms with E-state index >= 15 is 0 Å². The molecule has 7 nitrogen and oxygen atoms in total.